The highest BCUT2D eigenvalue weighted by molar-refractivity contribution is 9.10. The Kier molecular flexibility index (Phi) is 4.66. The molecule has 0 amide bonds. The molecule has 2 rings (SSSR count). The molecule has 1 aromatic heterocycles. The van der Waals surface area contributed by atoms with Crippen molar-refractivity contribution in [3.05, 3.63) is 52.3 Å². The molecule has 0 spiro atoms. The lowest BCUT2D eigenvalue weighted by Gasteiger charge is -2.33. The van der Waals surface area contributed by atoms with E-state index in [-0.39, 0.29) is 11.5 Å². The lowest BCUT2D eigenvalue weighted by molar-refractivity contribution is 0.389. The number of benzene rings is 1. The Morgan fingerprint density at radius 1 is 1.30 bits per heavy atom. The van der Waals surface area contributed by atoms with E-state index < -0.39 is 0 Å². The zero-order valence-corrected chi connectivity index (χ0v) is 13.9. The molecule has 0 bridgehead atoms. The molecule has 1 unspecified atom stereocenters. The summed E-state index contributed by atoms with van der Waals surface area (Å²) in [7, 11) is 0. The third-order valence-electron chi connectivity index (χ3n) is 3.86. The van der Waals surface area contributed by atoms with Crippen LogP contribution in [-0.4, -0.2) is 9.78 Å². The average molecular weight is 336 g/mol. The zero-order chi connectivity index (χ0) is 14.8. The zero-order valence-electron chi connectivity index (χ0n) is 12.3. The fourth-order valence-corrected chi connectivity index (χ4v) is 3.00. The average Bonchev–Trinajstić information content (AvgIpc) is 2.80. The number of nitrogens with two attached hydrogens (primary N) is 1. The van der Waals surface area contributed by atoms with Crippen molar-refractivity contribution in [2.45, 2.75) is 45.2 Å². The number of aryl methyl sites for hydroxylation is 1. The van der Waals surface area contributed by atoms with Gasteiger partial charge in [-0.2, -0.15) is 5.10 Å². The first-order chi connectivity index (χ1) is 9.48. The molecule has 1 aromatic carbocycles. The molecule has 0 aliphatic heterocycles. The molecule has 0 aliphatic carbocycles. The highest BCUT2D eigenvalue weighted by Crippen LogP contribution is 2.37. The Morgan fingerprint density at radius 3 is 2.55 bits per heavy atom. The van der Waals surface area contributed by atoms with Crippen LogP contribution in [-0.2, 0) is 12.0 Å². The summed E-state index contributed by atoms with van der Waals surface area (Å²) < 4.78 is 3.00. The Balaban J connectivity index is 2.40. The van der Waals surface area contributed by atoms with Crippen LogP contribution in [0.5, 0.6) is 0 Å². The van der Waals surface area contributed by atoms with Gasteiger partial charge in [-0.05, 0) is 27.9 Å². The third kappa shape index (κ3) is 2.81. The molecule has 1 atom stereocenters. The van der Waals surface area contributed by atoms with Gasteiger partial charge in [-0.25, -0.2) is 0 Å². The van der Waals surface area contributed by atoms with Crippen molar-refractivity contribution in [1.82, 2.24) is 9.78 Å². The van der Waals surface area contributed by atoms with Gasteiger partial charge in [0.05, 0.1) is 22.4 Å². The first kappa shape index (κ1) is 15.3. The maximum Gasteiger partial charge on any atom is 0.0702 e. The molecule has 20 heavy (non-hydrogen) atoms. The van der Waals surface area contributed by atoms with Crippen molar-refractivity contribution in [1.29, 1.82) is 0 Å². The summed E-state index contributed by atoms with van der Waals surface area (Å²) in [5.74, 6) is 0. The van der Waals surface area contributed by atoms with Gasteiger partial charge in [0.15, 0.2) is 0 Å². The van der Waals surface area contributed by atoms with E-state index in [1.165, 1.54) is 5.56 Å². The van der Waals surface area contributed by atoms with Crippen molar-refractivity contribution < 1.29 is 0 Å². The SMILES string of the molecule is CCCn1ncc(Br)c1C(N)C(C)(C)c1ccccc1. The molecule has 3 nitrogen and oxygen atoms in total. The predicted octanol–water partition coefficient (Wildman–Crippen LogP) is 4.03. The van der Waals surface area contributed by atoms with Gasteiger partial charge in [-0.3, -0.25) is 4.68 Å². The molecule has 2 N–H and O–H groups in total. The summed E-state index contributed by atoms with van der Waals surface area (Å²) in [5.41, 5.74) is 8.74. The Labute approximate surface area is 129 Å². The fraction of sp³-hybridized carbons (Fsp3) is 0.438. The summed E-state index contributed by atoms with van der Waals surface area (Å²) in [6, 6.07) is 10.3. The Morgan fingerprint density at radius 2 is 1.95 bits per heavy atom. The first-order valence-electron chi connectivity index (χ1n) is 7.00. The molecular weight excluding hydrogens is 314 g/mol. The molecule has 0 saturated carbocycles. The van der Waals surface area contributed by atoms with Gasteiger partial charge in [0, 0.05) is 12.0 Å². The molecule has 108 valence electrons. The smallest absolute Gasteiger partial charge is 0.0702 e. The largest absolute Gasteiger partial charge is 0.322 e. The van der Waals surface area contributed by atoms with Crippen LogP contribution in [0.15, 0.2) is 41.0 Å². The first-order valence-corrected chi connectivity index (χ1v) is 7.80. The quantitative estimate of drug-likeness (QED) is 0.896. The molecule has 0 saturated heterocycles. The van der Waals surface area contributed by atoms with E-state index in [4.69, 9.17) is 5.73 Å². The molecule has 2 aromatic rings. The third-order valence-corrected chi connectivity index (χ3v) is 4.47. The van der Waals surface area contributed by atoms with E-state index in [0.717, 1.165) is 23.1 Å². The van der Waals surface area contributed by atoms with Gasteiger partial charge in [0.2, 0.25) is 0 Å². The van der Waals surface area contributed by atoms with Gasteiger partial charge < -0.3 is 5.73 Å². The summed E-state index contributed by atoms with van der Waals surface area (Å²) in [6.45, 7) is 7.40. The number of halogens is 1. The van der Waals surface area contributed by atoms with Crippen molar-refractivity contribution in [3.8, 4) is 0 Å². The van der Waals surface area contributed by atoms with E-state index in [1.807, 2.05) is 16.9 Å². The second-order valence-electron chi connectivity index (χ2n) is 5.67. The van der Waals surface area contributed by atoms with Crippen LogP contribution in [0.1, 0.15) is 44.5 Å². The fourth-order valence-electron chi connectivity index (χ4n) is 2.46. The highest BCUT2D eigenvalue weighted by Gasteiger charge is 2.33. The van der Waals surface area contributed by atoms with E-state index in [0.29, 0.717) is 0 Å². The van der Waals surface area contributed by atoms with Crippen molar-refractivity contribution in [2.75, 3.05) is 0 Å². The number of nitrogens with zero attached hydrogens (tertiary/aromatic N) is 2. The van der Waals surface area contributed by atoms with Crippen LogP contribution < -0.4 is 5.73 Å². The second-order valence-corrected chi connectivity index (χ2v) is 6.52. The number of hydrogen-bond donors (Lipinski definition) is 1. The minimum atomic E-state index is -0.157. The van der Waals surface area contributed by atoms with Gasteiger partial charge >= 0.3 is 0 Å². The normalized spacial score (nSPS) is 13.4. The minimum absolute atomic E-state index is 0.117. The van der Waals surface area contributed by atoms with Crippen LogP contribution >= 0.6 is 15.9 Å². The molecule has 0 aliphatic rings. The molecule has 1 heterocycles. The van der Waals surface area contributed by atoms with Crippen LogP contribution in [0.3, 0.4) is 0 Å². The van der Waals surface area contributed by atoms with Crippen LogP contribution in [0, 0.1) is 0 Å². The highest BCUT2D eigenvalue weighted by atomic mass is 79.9. The van der Waals surface area contributed by atoms with Crippen LogP contribution in [0.2, 0.25) is 0 Å². The summed E-state index contributed by atoms with van der Waals surface area (Å²) in [6.07, 6.45) is 2.88. The van der Waals surface area contributed by atoms with Crippen LogP contribution in [0.4, 0.5) is 0 Å². The molecule has 4 heteroatoms. The van der Waals surface area contributed by atoms with E-state index in [9.17, 15) is 0 Å². The van der Waals surface area contributed by atoms with Gasteiger partial charge in [0.1, 0.15) is 0 Å². The second kappa shape index (κ2) is 6.10. The van der Waals surface area contributed by atoms with Gasteiger partial charge in [0.25, 0.3) is 0 Å². The summed E-state index contributed by atoms with van der Waals surface area (Å²) >= 11 is 3.59. The van der Waals surface area contributed by atoms with Crippen molar-refractivity contribution >= 4 is 15.9 Å². The number of aromatic nitrogens is 2. The summed E-state index contributed by atoms with van der Waals surface area (Å²) in [4.78, 5) is 0. The number of rotatable bonds is 5. The van der Waals surface area contributed by atoms with Crippen molar-refractivity contribution in [2.24, 2.45) is 5.73 Å². The maximum atomic E-state index is 6.59. The van der Waals surface area contributed by atoms with E-state index in [2.05, 4.69) is 66.1 Å². The van der Waals surface area contributed by atoms with E-state index >= 15 is 0 Å². The molecule has 0 radical (unpaired) electrons. The standard InChI is InChI=1S/C16H22BrN3/c1-4-10-20-14(13(17)11-19-20)15(18)16(2,3)12-8-6-5-7-9-12/h5-9,11,15H,4,10,18H2,1-3H3. The monoisotopic (exact) mass is 335 g/mol. The van der Waals surface area contributed by atoms with Crippen molar-refractivity contribution in [3.63, 3.8) is 0 Å². The predicted molar refractivity (Wildman–Crippen MR) is 86.6 cm³/mol. The Bertz CT molecular complexity index is 560. The summed E-state index contributed by atoms with van der Waals surface area (Å²) in [5, 5.41) is 4.42. The number of hydrogen-bond acceptors (Lipinski definition) is 2. The van der Waals surface area contributed by atoms with Gasteiger partial charge in [-0.1, -0.05) is 51.1 Å². The molecule has 0 fully saturated rings. The maximum absolute atomic E-state index is 6.59. The lowest BCUT2D eigenvalue weighted by Crippen LogP contribution is -2.35. The van der Waals surface area contributed by atoms with Crippen LogP contribution in [0.25, 0.3) is 0 Å². The minimum Gasteiger partial charge on any atom is -0.322 e. The lowest BCUT2D eigenvalue weighted by atomic mass is 9.77. The molecular formula is C16H22BrN3. The van der Waals surface area contributed by atoms with Gasteiger partial charge in [-0.15, -0.1) is 0 Å². The Hall–Kier alpha value is -1.13. The topological polar surface area (TPSA) is 43.8 Å². The van der Waals surface area contributed by atoms with E-state index in [1.54, 1.807) is 0 Å².